The second kappa shape index (κ2) is 6.70. The number of aryl methyl sites for hydroxylation is 2. The maximum absolute atomic E-state index is 12.5. The molecule has 1 amide bonds. The summed E-state index contributed by atoms with van der Waals surface area (Å²) in [4.78, 5) is 24.4. The highest BCUT2D eigenvalue weighted by atomic mass is 16.2. The summed E-state index contributed by atoms with van der Waals surface area (Å²) in [6.07, 6.45) is 4.34. The van der Waals surface area contributed by atoms with Crippen molar-refractivity contribution in [2.45, 2.75) is 33.4 Å². The molecule has 2 aromatic heterocycles. The molecule has 3 rings (SSSR count). The summed E-state index contributed by atoms with van der Waals surface area (Å²) in [6, 6.07) is 8.78. The van der Waals surface area contributed by atoms with Crippen molar-refractivity contribution < 1.29 is 4.79 Å². The van der Waals surface area contributed by atoms with Gasteiger partial charge in [-0.05, 0) is 25.5 Å². The van der Waals surface area contributed by atoms with Gasteiger partial charge in [0, 0.05) is 29.8 Å². The topological polar surface area (TPSA) is 68.9 Å². The average Bonchev–Trinajstić information content (AvgIpc) is 2.91. The molecule has 0 fully saturated rings. The summed E-state index contributed by atoms with van der Waals surface area (Å²) in [5.74, 6) is 0.581. The van der Waals surface area contributed by atoms with Crippen LogP contribution < -0.4 is 10.7 Å². The van der Waals surface area contributed by atoms with Crippen molar-refractivity contribution in [3.8, 4) is 0 Å². The normalized spacial score (nSPS) is 10.9. The lowest BCUT2D eigenvalue weighted by atomic mass is 10.2. The van der Waals surface area contributed by atoms with Gasteiger partial charge in [0.05, 0.1) is 11.7 Å². The van der Waals surface area contributed by atoms with Crippen LogP contribution >= 0.6 is 0 Å². The van der Waals surface area contributed by atoms with Crippen molar-refractivity contribution in [1.29, 1.82) is 0 Å². The molecule has 0 radical (unpaired) electrons. The lowest BCUT2D eigenvalue weighted by molar-refractivity contribution is -0.116. The summed E-state index contributed by atoms with van der Waals surface area (Å²) in [6.45, 7) is 4.88. The molecule has 2 heterocycles. The van der Waals surface area contributed by atoms with Crippen molar-refractivity contribution in [3.05, 3.63) is 58.5 Å². The third-order valence-corrected chi connectivity index (χ3v) is 3.91. The van der Waals surface area contributed by atoms with Crippen LogP contribution in [0.4, 0.5) is 5.82 Å². The van der Waals surface area contributed by atoms with Crippen molar-refractivity contribution in [2.75, 3.05) is 5.32 Å². The molecule has 0 aliphatic heterocycles. The number of aromatic nitrogens is 3. The number of fused-ring (bicyclic) bond motifs is 1. The first kappa shape index (κ1) is 16.0. The summed E-state index contributed by atoms with van der Waals surface area (Å²) >= 11 is 0. The molecule has 24 heavy (non-hydrogen) atoms. The van der Waals surface area contributed by atoms with Gasteiger partial charge in [-0.1, -0.05) is 19.1 Å². The summed E-state index contributed by atoms with van der Waals surface area (Å²) in [5.41, 5.74) is 1.64. The number of pyridine rings is 1. The molecule has 6 nitrogen and oxygen atoms in total. The Kier molecular flexibility index (Phi) is 4.46. The predicted molar refractivity (Wildman–Crippen MR) is 94.1 cm³/mol. The zero-order valence-electron chi connectivity index (χ0n) is 13.8. The number of para-hydroxylation sites is 1. The van der Waals surface area contributed by atoms with Gasteiger partial charge in [0.2, 0.25) is 5.91 Å². The Balaban J connectivity index is 1.85. The van der Waals surface area contributed by atoms with Crippen LogP contribution in [-0.2, 0) is 17.9 Å². The van der Waals surface area contributed by atoms with Gasteiger partial charge in [-0.2, -0.15) is 5.10 Å². The van der Waals surface area contributed by atoms with Crippen LogP contribution in [0, 0.1) is 6.92 Å². The lowest BCUT2D eigenvalue weighted by Gasteiger charge is -2.12. The smallest absolute Gasteiger partial charge is 0.245 e. The number of nitrogens with one attached hydrogen (secondary N) is 1. The minimum absolute atomic E-state index is 0.0425. The number of hydrogen-bond acceptors (Lipinski definition) is 3. The van der Waals surface area contributed by atoms with Crippen LogP contribution in [0.25, 0.3) is 10.9 Å². The van der Waals surface area contributed by atoms with E-state index in [4.69, 9.17) is 0 Å². The van der Waals surface area contributed by atoms with Gasteiger partial charge in [-0.25, -0.2) is 4.68 Å². The van der Waals surface area contributed by atoms with E-state index in [1.165, 1.54) is 6.07 Å². The molecule has 0 aliphatic carbocycles. The first-order chi connectivity index (χ1) is 11.6. The van der Waals surface area contributed by atoms with E-state index >= 15 is 0 Å². The molecule has 0 bridgehead atoms. The third kappa shape index (κ3) is 3.08. The Morgan fingerprint density at radius 3 is 2.83 bits per heavy atom. The van der Waals surface area contributed by atoms with Crippen LogP contribution in [0.15, 0.2) is 47.5 Å². The summed E-state index contributed by atoms with van der Waals surface area (Å²) in [5, 5.41) is 7.83. The number of rotatable bonds is 5. The SMILES string of the molecule is CCCn1ncc(C)c1NC(=O)Cn1ccc(=O)c2ccccc21. The second-order valence-electron chi connectivity index (χ2n) is 5.77. The fraction of sp³-hybridized carbons (Fsp3) is 0.278. The monoisotopic (exact) mass is 324 g/mol. The fourth-order valence-electron chi connectivity index (χ4n) is 2.75. The predicted octanol–water partition coefficient (Wildman–Crippen LogP) is 2.56. The first-order valence-corrected chi connectivity index (χ1v) is 8.00. The molecule has 0 unspecified atom stereocenters. The summed E-state index contributed by atoms with van der Waals surface area (Å²) in [7, 11) is 0. The average molecular weight is 324 g/mol. The van der Waals surface area contributed by atoms with Crippen molar-refractivity contribution in [1.82, 2.24) is 14.3 Å². The highest BCUT2D eigenvalue weighted by Gasteiger charge is 2.12. The van der Waals surface area contributed by atoms with Crippen molar-refractivity contribution in [2.24, 2.45) is 0 Å². The van der Waals surface area contributed by atoms with E-state index in [1.54, 1.807) is 27.7 Å². The van der Waals surface area contributed by atoms with Crippen molar-refractivity contribution >= 4 is 22.6 Å². The van der Waals surface area contributed by atoms with Gasteiger partial charge < -0.3 is 9.88 Å². The van der Waals surface area contributed by atoms with E-state index in [0.717, 1.165) is 29.9 Å². The molecular weight excluding hydrogens is 304 g/mol. The Morgan fingerprint density at radius 2 is 2.04 bits per heavy atom. The quantitative estimate of drug-likeness (QED) is 0.784. The molecule has 1 N–H and O–H groups in total. The fourth-order valence-corrected chi connectivity index (χ4v) is 2.75. The van der Waals surface area contributed by atoms with Crippen LogP contribution in [0.5, 0.6) is 0 Å². The van der Waals surface area contributed by atoms with Crippen molar-refractivity contribution in [3.63, 3.8) is 0 Å². The number of anilines is 1. The molecule has 0 atom stereocenters. The Morgan fingerprint density at radius 1 is 1.25 bits per heavy atom. The molecule has 0 saturated heterocycles. The first-order valence-electron chi connectivity index (χ1n) is 8.00. The molecule has 1 aromatic carbocycles. The number of carbonyl (C=O) groups is 1. The van der Waals surface area contributed by atoms with E-state index in [0.29, 0.717) is 5.39 Å². The minimum Gasteiger partial charge on any atom is -0.338 e. The van der Waals surface area contributed by atoms with Gasteiger partial charge >= 0.3 is 0 Å². The van der Waals surface area contributed by atoms with E-state index in [2.05, 4.69) is 17.3 Å². The minimum atomic E-state index is -0.148. The van der Waals surface area contributed by atoms with Crippen LogP contribution in [0.3, 0.4) is 0 Å². The van der Waals surface area contributed by atoms with Gasteiger partial charge in [-0.15, -0.1) is 0 Å². The number of nitrogens with zero attached hydrogens (tertiary/aromatic N) is 3. The largest absolute Gasteiger partial charge is 0.338 e. The van der Waals surface area contributed by atoms with Crippen LogP contribution in [0.1, 0.15) is 18.9 Å². The van der Waals surface area contributed by atoms with E-state index in [9.17, 15) is 9.59 Å². The molecule has 0 spiro atoms. The van der Waals surface area contributed by atoms with Gasteiger partial charge in [0.1, 0.15) is 12.4 Å². The second-order valence-corrected chi connectivity index (χ2v) is 5.77. The molecule has 124 valence electrons. The maximum Gasteiger partial charge on any atom is 0.245 e. The molecule has 0 aliphatic rings. The van der Waals surface area contributed by atoms with Gasteiger partial charge in [0.15, 0.2) is 5.43 Å². The lowest BCUT2D eigenvalue weighted by Crippen LogP contribution is -2.22. The summed E-state index contributed by atoms with van der Waals surface area (Å²) < 4.78 is 3.58. The number of amides is 1. The third-order valence-electron chi connectivity index (χ3n) is 3.91. The Labute approximate surface area is 139 Å². The zero-order valence-corrected chi connectivity index (χ0v) is 13.8. The van der Waals surface area contributed by atoms with Gasteiger partial charge in [-0.3, -0.25) is 9.59 Å². The molecular formula is C18H20N4O2. The maximum atomic E-state index is 12.5. The number of carbonyl (C=O) groups excluding carboxylic acids is 1. The molecule has 0 saturated carbocycles. The Bertz CT molecular complexity index is 940. The van der Waals surface area contributed by atoms with E-state index in [-0.39, 0.29) is 17.9 Å². The molecule has 3 aromatic rings. The van der Waals surface area contributed by atoms with Crippen LogP contribution in [0.2, 0.25) is 0 Å². The number of benzene rings is 1. The standard InChI is InChI=1S/C18H20N4O2/c1-3-9-22-18(13(2)11-19-22)20-17(24)12-21-10-8-16(23)14-6-4-5-7-15(14)21/h4-8,10-11H,3,9,12H2,1-2H3,(H,20,24). The Hall–Kier alpha value is -2.89. The number of hydrogen-bond donors (Lipinski definition) is 1. The van der Waals surface area contributed by atoms with Gasteiger partial charge in [0.25, 0.3) is 0 Å². The highest BCUT2D eigenvalue weighted by Crippen LogP contribution is 2.15. The highest BCUT2D eigenvalue weighted by molar-refractivity contribution is 5.91. The van der Waals surface area contributed by atoms with Crippen LogP contribution in [-0.4, -0.2) is 20.3 Å². The molecule has 6 heteroatoms. The van der Waals surface area contributed by atoms with E-state index in [1.807, 2.05) is 25.1 Å². The van der Waals surface area contributed by atoms with E-state index < -0.39 is 0 Å². The zero-order chi connectivity index (χ0) is 17.1.